The summed E-state index contributed by atoms with van der Waals surface area (Å²) in [6.07, 6.45) is 0. The fourth-order valence-corrected chi connectivity index (χ4v) is 3.11. The number of carbonyl (C=O) groups excluding carboxylic acids is 1. The largest absolute Gasteiger partial charge is 0.506 e. The van der Waals surface area contributed by atoms with Crippen LogP contribution in [0.4, 0.5) is 0 Å². The normalized spacial score (nSPS) is 10.4. The van der Waals surface area contributed by atoms with Crippen LogP contribution < -0.4 is 0 Å². The number of aromatic nitrogens is 3. The van der Waals surface area contributed by atoms with E-state index in [1.807, 2.05) is 104 Å². The minimum atomic E-state index is 0.0752. The molecule has 0 aliphatic carbocycles. The van der Waals surface area contributed by atoms with Gasteiger partial charge in [-0.1, -0.05) is 78.9 Å². The van der Waals surface area contributed by atoms with Crippen molar-refractivity contribution in [1.82, 2.24) is 15.0 Å². The van der Waals surface area contributed by atoms with Crippen LogP contribution >= 0.6 is 0 Å². The van der Waals surface area contributed by atoms with E-state index in [1.165, 1.54) is 4.80 Å². The molecule has 0 amide bonds. The van der Waals surface area contributed by atoms with E-state index in [1.54, 1.807) is 6.07 Å². The molecule has 1 aromatic heterocycles. The van der Waals surface area contributed by atoms with Crippen LogP contribution in [0.2, 0.25) is 0 Å². The summed E-state index contributed by atoms with van der Waals surface area (Å²) in [5, 5.41) is 18.5. The zero-order chi connectivity index (χ0) is 21.6. The lowest BCUT2D eigenvalue weighted by atomic mass is 10.0. The molecule has 1 N–H and O–H groups in total. The van der Waals surface area contributed by atoms with Crippen molar-refractivity contribution < 1.29 is 9.90 Å². The Kier molecular flexibility index (Phi) is 5.85. The Hall–Kier alpha value is -4.25. The molecule has 0 aliphatic heterocycles. The number of hydrogen-bond acceptors (Lipinski definition) is 4. The molecule has 5 nitrogen and oxygen atoms in total. The molecule has 0 saturated carbocycles. The maximum Gasteiger partial charge on any atom is 0.193 e. The summed E-state index contributed by atoms with van der Waals surface area (Å²) in [5.41, 5.74) is 4.75. The fourth-order valence-electron chi connectivity index (χ4n) is 3.11. The number of hydrogen-bond donors (Lipinski definition) is 1. The number of benzene rings is 4. The molecule has 0 bridgehead atoms. The summed E-state index contributed by atoms with van der Waals surface area (Å²) in [6, 6.07) is 31.6. The van der Waals surface area contributed by atoms with Crippen molar-refractivity contribution in [2.75, 3.05) is 0 Å². The van der Waals surface area contributed by atoms with Crippen LogP contribution in [0.15, 0.2) is 103 Å². The molecular formula is C26H21N3O2. The van der Waals surface area contributed by atoms with E-state index in [0.29, 0.717) is 5.69 Å². The standard InChI is InChI=1S/C13H11N3O.C13H10O/c1-9-6-7-13(17)12(8-9)16-14-10-4-2-3-5-11(10)15-16;14-13(11-7-3-1-4-8-11)12-9-5-2-6-10-12/h2-8,17H,1H3;1-10H. The average Bonchev–Trinajstić information content (AvgIpc) is 3.26. The van der Waals surface area contributed by atoms with Gasteiger partial charge in [-0.05, 0) is 36.8 Å². The van der Waals surface area contributed by atoms with Gasteiger partial charge in [0.15, 0.2) is 5.78 Å². The molecule has 5 heteroatoms. The highest BCUT2D eigenvalue weighted by Gasteiger charge is 2.08. The summed E-state index contributed by atoms with van der Waals surface area (Å²) in [7, 11) is 0. The predicted octanol–water partition coefficient (Wildman–Crippen LogP) is 5.35. The predicted molar refractivity (Wildman–Crippen MR) is 122 cm³/mol. The topological polar surface area (TPSA) is 68.0 Å². The van der Waals surface area contributed by atoms with Crippen LogP contribution in [-0.4, -0.2) is 25.9 Å². The van der Waals surface area contributed by atoms with Crippen molar-refractivity contribution in [3.8, 4) is 11.4 Å². The van der Waals surface area contributed by atoms with Gasteiger partial charge in [0.1, 0.15) is 22.5 Å². The third-order valence-electron chi connectivity index (χ3n) is 4.70. The van der Waals surface area contributed by atoms with E-state index in [4.69, 9.17) is 0 Å². The van der Waals surface area contributed by atoms with Crippen LogP contribution in [0.3, 0.4) is 0 Å². The maximum atomic E-state index is 11.8. The molecule has 0 atom stereocenters. The summed E-state index contributed by atoms with van der Waals surface area (Å²) in [6.45, 7) is 1.96. The van der Waals surface area contributed by atoms with Crippen molar-refractivity contribution in [3.05, 3.63) is 120 Å². The van der Waals surface area contributed by atoms with Gasteiger partial charge >= 0.3 is 0 Å². The minimum Gasteiger partial charge on any atom is -0.506 e. The fraction of sp³-hybridized carbons (Fsp3) is 0.0385. The van der Waals surface area contributed by atoms with E-state index in [2.05, 4.69) is 10.2 Å². The number of aryl methyl sites for hydroxylation is 1. The van der Waals surface area contributed by atoms with E-state index in [9.17, 15) is 9.90 Å². The van der Waals surface area contributed by atoms with E-state index in [0.717, 1.165) is 27.7 Å². The first-order chi connectivity index (χ1) is 15.1. The van der Waals surface area contributed by atoms with Crippen molar-refractivity contribution in [1.29, 1.82) is 0 Å². The smallest absolute Gasteiger partial charge is 0.193 e. The summed E-state index contributed by atoms with van der Waals surface area (Å²) >= 11 is 0. The quantitative estimate of drug-likeness (QED) is 0.409. The molecule has 4 aromatic carbocycles. The number of nitrogens with zero attached hydrogens (tertiary/aromatic N) is 3. The highest BCUT2D eigenvalue weighted by molar-refractivity contribution is 6.08. The number of aromatic hydroxyl groups is 1. The van der Waals surface area contributed by atoms with Gasteiger partial charge in [-0.25, -0.2) is 0 Å². The number of carbonyl (C=O) groups is 1. The van der Waals surface area contributed by atoms with Gasteiger partial charge in [0.05, 0.1) is 0 Å². The number of fused-ring (bicyclic) bond motifs is 1. The first kappa shape index (κ1) is 20.0. The second-order valence-electron chi connectivity index (χ2n) is 7.03. The zero-order valence-electron chi connectivity index (χ0n) is 17.0. The highest BCUT2D eigenvalue weighted by Crippen LogP contribution is 2.22. The van der Waals surface area contributed by atoms with Gasteiger partial charge in [0.2, 0.25) is 0 Å². The lowest BCUT2D eigenvalue weighted by molar-refractivity contribution is 0.103. The Labute approximate surface area is 180 Å². The summed E-state index contributed by atoms with van der Waals surface area (Å²) in [4.78, 5) is 13.3. The summed E-state index contributed by atoms with van der Waals surface area (Å²) in [5.74, 6) is 0.252. The third kappa shape index (κ3) is 4.67. The van der Waals surface area contributed by atoms with Crippen LogP contribution in [0.25, 0.3) is 16.7 Å². The lowest BCUT2D eigenvalue weighted by Gasteiger charge is -2.03. The molecule has 5 rings (SSSR count). The number of rotatable bonds is 3. The highest BCUT2D eigenvalue weighted by atomic mass is 16.3. The maximum absolute atomic E-state index is 11.8. The van der Waals surface area contributed by atoms with Crippen molar-refractivity contribution in [2.24, 2.45) is 0 Å². The molecule has 0 radical (unpaired) electrons. The van der Waals surface area contributed by atoms with Gasteiger partial charge < -0.3 is 5.11 Å². The molecule has 0 saturated heterocycles. The Morgan fingerprint density at radius 1 is 0.710 bits per heavy atom. The van der Waals surface area contributed by atoms with Crippen molar-refractivity contribution in [2.45, 2.75) is 6.92 Å². The molecule has 0 aliphatic rings. The van der Waals surface area contributed by atoms with E-state index < -0.39 is 0 Å². The van der Waals surface area contributed by atoms with E-state index >= 15 is 0 Å². The molecular weight excluding hydrogens is 386 g/mol. The number of ketones is 1. The zero-order valence-corrected chi connectivity index (χ0v) is 17.0. The van der Waals surface area contributed by atoms with E-state index in [-0.39, 0.29) is 11.5 Å². The van der Waals surface area contributed by atoms with Crippen LogP contribution in [0.5, 0.6) is 5.75 Å². The average molecular weight is 407 g/mol. The van der Waals surface area contributed by atoms with Gasteiger partial charge in [-0.2, -0.15) is 0 Å². The molecule has 1 heterocycles. The van der Waals surface area contributed by atoms with Gasteiger partial charge in [-0.15, -0.1) is 15.0 Å². The van der Waals surface area contributed by atoms with Gasteiger partial charge in [0, 0.05) is 11.1 Å². The van der Waals surface area contributed by atoms with Gasteiger partial charge in [-0.3, -0.25) is 4.79 Å². The molecule has 0 unspecified atom stereocenters. The minimum absolute atomic E-state index is 0.0752. The van der Waals surface area contributed by atoms with Crippen molar-refractivity contribution in [3.63, 3.8) is 0 Å². The molecule has 31 heavy (non-hydrogen) atoms. The Morgan fingerprint density at radius 2 is 1.19 bits per heavy atom. The molecule has 0 spiro atoms. The summed E-state index contributed by atoms with van der Waals surface area (Å²) < 4.78 is 0. The number of phenols is 1. The molecule has 5 aromatic rings. The van der Waals surface area contributed by atoms with Crippen molar-refractivity contribution >= 4 is 16.8 Å². The van der Waals surface area contributed by atoms with Gasteiger partial charge in [0.25, 0.3) is 0 Å². The first-order valence-corrected chi connectivity index (χ1v) is 9.89. The van der Waals surface area contributed by atoms with Crippen LogP contribution in [-0.2, 0) is 0 Å². The Bertz CT molecular complexity index is 1240. The third-order valence-corrected chi connectivity index (χ3v) is 4.70. The van der Waals surface area contributed by atoms with Crippen LogP contribution in [0, 0.1) is 6.92 Å². The molecule has 0 fully saturated rings. The van der Waals surface area contributed by atoms with Crippen LogP contribution in [0.1, 0.15) is 21.5 Å². The monoisotopic (exact) mass is 407 g/mol. The Balaban J connectivity index is 0.000000152. The number of phenolic OH excluding ortho intramolecular Hbond substituents is 1. The lowest BCUT2D eigenvalue weighted by Crippen LogP contribution is -1.99. The Morgan fingerprint density at radius 3 is 1.71 bits per heavy atom. The first-order valence-electron chi connectivity index (χ1n) is 9.89. The second-order valence-corrected chi connectivity index (χ2v) is 7.03. The molecule has 152 valence electrons. The SMILES string of the molecule is Cc1ccc(O)c(-n2nc3ccccc3n2)c1.O=C(c1ccccc1)c1ccccc1. The second kappa shape index (κ2) is 9.05.